The smallest absolute Gasteiger partial charge is 0.263 e. The van der Waals surface area contributed by atoms with Crippen molar-refractivity contribution in [2.75, 3.05) is 23.3 Å². The number of hydrogen-bond acceptors (Lipinski definition) is 8. The van der Waals surface area contributed by atoms with E-state index in [1.54, 1.807) is 23.7 Å². The summed E-state index contributed by atoms with van der Waals surface area (Å²) in [6.07, 6.45) is 4.50. The Morgan fingerprint density at radius 1 is 1.00 bits per heavy atom. The number of anilines is 3. The fourth-order valence-electron chi connectivity index (χ4n) is 3.45. The van der Waals surface area contributed by atoms with Crippen LogP contribution in [0.4, 0.5) is 16.6 Å². The van der Waals surface area contributed by atoms with Gasteiger partial charge in [-0.05, 0) is 49.2 Å². The van der Waals surface area contributed by atoms with Crippen LogP contribution in [-0.4, -0.2) is 39.3 Å². The summed E-state index contributed by atoms with van der Waals surface area (Å²) in [7, 11) is 0. The molecule has 0 radical (unpaired) electrons. The highest BCUT2D eigenvalue weighted by Crippen LogP contribution is 2.32. The monoisotopic (exact) mass is 419 g/mol. The number of nitrogens with zero attached hydrogens (tertiary/aromatic N) is 4. The van der Waals surface area contributed by atoms with Gasteiger partial charge in [0.2, 0.25) is 0 Å². The van der Waals surface area contributed by atoms with Gasteiger partial charge in [-0.2, -0.15) is 0 Å². The van der Waals surface area contributed by atoms with Crippen LogP contribution in [0.1, 0.15) is 12.8 Å². The first-order chi connectivity index (χ1) is 14.7. The minimum Gasteiger partial charge on any atom is -0.436 e. The van der Waals surface area contributed by atoms with Crippen molar-refractivity contribution in [3.8, 4) is 11.6 Å². The summed E-state index contributed by atoms with van der Waals surface area (Å²) in [5.41, 5.74) is 1.93. The van der Waals surface area contributed by atoms with Gasteiger partial charge in [-0.15, -0.1) is 0 Å². The second-order valence-electron chi connectivity index (χ2n) is 7.14. The molecule has 8 heteroatoms. The third-order valence-electron chi connectivity index (χ3n) is 5.02. The predicted molar refractivity (Wildman–Crippen MR) is 119 cm³/mol. The Balaban J connectivity index is 1.29. The van der Waals surface area contributed by atoms with Crippen LogP contribution in [0.3, 0.4) is 0 Å². The van der Waals surface area contributed by atoms with E-state index in [0.717, 1.165) is 47.0 Å². The van der Waals surface area contributed by atoms with Gasteiger partial charge in [0.25, 0.3) is 5.88 Å². The quantitative estimate of drug-likeness (QED) is 0.490. The maximum absolute atomic E-state index is 9.75. The molecule has 0 aliphatic carbocycles. The second kappa shape index (κ2) is 8.25. The molecule has 30 heavy (non-hydrogen) atoms. The van der Waals surface area contributed by atoms with Crippen molar-refractivity contribution >= 4 is 38.2 Å². The van der Waals surface area contributed by atoms with Crippen LogP contribution < -0.4 is 15.0 Å². The van der Waals surface area contributed by atoms with Crippen LogP contribution >= 0.6 is 11.3 Å². The van der Waals surface area contributed by atoms with Crippen molar-refractivity contribution in [2.45, 2.75) is 18.9 Å². The average Bonchev–Trinajstić information content (AvgIpc) is 3.18. The summed E-state index contributed by atoms with van der Waals surface area (Å²) in [6.45, 7) is 1.47. The summed E-state index contributed by atoms with van der Waals surface area (Å²) < 4.78 is 7.18. The number of piperidine rings is 1. The topological polar surface area (TPSA) is 83.4 Å². The van der Waals surface area contributed by atoms with Gasteiger partial charge in [0.1, 0.15) is 5.75 Å². The molecule has 0 saturated carbocycles. The molecular formula is C22H21N5O2S. The molecule has 1 saturated heterocycles. The van der Waals surface area contributed by atoms with Crippen molar-refractivity contribution in [1.82, 2.24) is 15.0 Å². The maximum atomic E-state index is 9.75. The first-order valence-corrected chi connectivity index (χ1v) is 10.7. The number of nitrogens with one attached hydrogen (secondary N) is 1. The van der Waals surface area contributed by atoms with E-state index in [2.05, 4.69) is 31.2 Å². The van der Waals surface area contributed by atoms with Crippen LogP contribution in [0.5, 0.6) is 11.6 Å². The van der Waals surface area contributed by atoms with E-state index in [1.807, 2.05) is 42.5 Å². The lowest BCUT2D eigenvalue weighted by Crippen LogP contribution is -2.36. The molecule has 2 aromatic heterocycles. The van der Waals surface area contributed by atoms with E-state index in [0.29, 0.717) is 17.4 Å². The van der Waals surface area contributed by atoms with Crippen LogP contribution in [0, 0.1) is 0 Å². The van der Waals surface area contributed by atoms with Gasteiger partial charge in [-0.25, -0.2) is 15.0 Å². The normalized spacial score (nSPS) is 14.8. The number of aliphatic hydroxyl groups is 1. The van der Waals surface area contributed by atoms with Gasteiger partial charge in [0, 0.05) is 31.2 Å². The van der Waals surface area contributed by atoms with Crippen molar-refractivity contribution in [3.63, 3.8) is 0 Å². The molecular weight excluding hydrogens is 398 g/mol. The molecule has 0 unspecified atom stereocenters. The Labute approximate surface area is 178 Å². The number of ether oxygens (including phenoxy) is 1. The molecule has 3 heterocycles. The lowest BCUT2D eigenvalue weighted by atomic mass is 10.1. The number of thiazole rings is 1. The van der Waals surface area contributed by atoms with E-state index in [-0.39, 0.29) is 6.10 Å². The molecule has 0 atom stereocenters. The number of benzene rings is 2. The number of para-hydroxylation sites is 1. The zero-order chi connectivity index (χ0) is 20.3. The van der Waals surface area contributed by atoms with Crippen LogP contribution in [0.25, 0.3) is 10.2 Å². The first-order valence-electron chi connectivity index (χ1n) is 9.89. The summed E-state index contributed by atoms with van der Waals surface area (Å²) in [5.74, 6) is 1.87. The highest BCUT2D eigenvalue weighted by molar-refractivity contribution is 7.22. The van der Waals surface area contributed by atoms with Gasteiger partial charge in [0.15, 0.2) is 10.9 Å². The number of fused-ring (bicyclic) bond motifs is 1. The molecule has 4 aromatic rings. The molecule has 1 aliphatic rings. The fraction of sp³-hybridized carbons (Fsp3) is 0.227. The third-order valence-corrected chi connectivity index (χ3v) is 5.98. The summed E-state index contributed by atoms with van der Waals surface area (Å²) in [4.78, 5) is 15.5. The Bertz CT molecular complexity index is 1110. The zero-order valence-corrected chi connectivity index (χ0v) is 17.0. The Hall–Kier alpha value is -3.23. The standard InChI is InChI=1S/C22H21N5O2S/c28-16-9-13-27(14-10-16)20-21(24-12-11-23-20)29-17-7-5-15(6-8-17)25-22-26-18-3-1-2-4-19(18)30-22/h1-8,11-12,16,28H,9-10,13-14H2,(H,25,26). The molecule has 0 bridgehead atoms. The highest BCUT2D eigenvalue weighted by Gasteiger charge is 2.22. The lowest BCUT2D eigenvalue weighted by molar-refractivity contribution is 0.145. The maximum Gasteiger partial charge on any atom is 0.263 e. The molecule has 2 N–H and O–H groups in total. The van der Waals surface area contributed by atoms with E-state index in [4.69, 9.17) is 4.74 Å². The number of aliphatic hydroxyl groups excluding tert-OH is 1. The number of hydrogen-bond donors (Lipinski definition) is 2. The zero-order valence-electron chi connectivity index (χ0n) is 16.2. The second-order valence-corrected chi connectivity index (χ2v) is 8.17. The van der Waals surface area contributed by atoms with Crippen LogP contribution in [0.2, 0.25) is 0 Å². The van der Waals surface area contributed by atoms with Crippen molar-refractivity contribution in [1.29, 1.82) is 0 Å². The largest absolute Gasteiger partial charge is 0.436 e. The summed E-state index contributed by atoms with van der Waals surface area (Å²) in [5, 5.41) is 13.9. The molecule has 5 rings (SSSR count). The number of aromatic nitrogens is 3. The minimum atomic E-state index is -0.238. The van der Waals surface area contributed by atoms with Crippen LogP contribution in [0.15, 0.2) is 60.9 Å². The van der Waals surface area contributed by atoms with Gasteiger partial charge >= 0.3 is 0 Å². The van der Waals surface area contributed by atoms with Gasteiger partial charge < -0.3 is 20.1 Å². The molecule has 1 fully saturated rings. The van der Waals surface area contributed by atoms with Crippen LogP contribution in [-0.2, 0) is 0 Å². The Kier molecular flexibility index (Phi) is 5.17. The predicted octanol–water partition coefficient (Wildman–Crippen LogP) is 4.58. The summed E-state index contributed by atoms with van der Waals surface area (Å²) >= 11 is 1.62. The van der Waals surface area contributed by atoms with Crippen molar-refractivity contribution in [2.24, 2.45) is 0 Å². The molecule has 0 amide bonds. The summed E-state index contributed by atoms with van der Waals surface area (Å²) in [6, 6.07) is 15.8. The van der Waals surface area contributed by atoms with Gasteiger partial charge in [-0.1, -0.05) is 23.5 Å². The molecule has 0 spiro atoms. The Morgan fingerprint density at radius 3 is 2.57 bits per heavy atom. The van der Waals surface area contributed by atoms with Gasteiger partial charge in [-0.3, -0.25) is 0 Å². The Morgan fingerprint density at radius 2 is 1.77 bits per heavy atom. The van der Waals surface area contributed by atoms with Gasteiger partial charge in [0.05, 0.1) is 16.3 Å². The third kappa shape index (κ3) is 4.05. The minimum absolute atomic E-state index is 0.238. The number of rotatable bonds is 5. The molecule has 2 aromatic carbocycles. The van der Waals surface area contributed by atoms with Crippen molar-refractivity contribution < 1.29 is 9.84 Å². The SMILES string of the molecule is OC1CCN(c2nccnc2Oc2ccc(Nc3nc4ccccc4s3)cc2)CC1. The average molecular weight is 420 g/mol. The fourth-order valence-corrected chi connectivity index (χ4v) is 4.34. The van der Waals surface area contributed by atoms with Crippen molar-refractivity contribution in [3.05, 3.63) is 60.9 Å². The van der Waals surface area contributed by atoms with E-state index >= 15 is 0 Å². The van der Waals surface area contributed by atoms with E-state index in [9.17, 15) is 5.11 Å². The first kappa shape index (κ1) is 18.8. The lowest BCUT2D eigenvalue weighted by Gasteiger charge is -2.30. The molecule has 152 valence electrons. The van der Waals surface area contributed by atoms with E-state index in [1.165, 1.54) is 0 Å². The molecule has 1 aliphatic heterocycles. The molecule has 7 nitrogen and oxygen atoms in total. The highest BCUT2D eigenvalue weighted by atomic mass is 32.1. The van der Waals surface area contributed by atoms with E-state index < -0.39 is 0 Å².